The third-order valence-corrected chi connectivity index (χ3v) is 1.24. The zero-order chi connectivity index (χ0) is 9.68. The summed E-state index contributed by atoms with van der Waals surface area (Å²) in [7, 11) is 0. The van der Waals surface area contributed by atoms with E-state index in [2.05, 4.69) is 15.5 Å². The summed E-state index contributed by atoms with van der Waals surface area (Å²) < 4.78 is 0. The highest BCUT2D eigenvalue weighted by molar-refractivity contribution is 5.64. The maximum atomic E-state index is 10.0. The minimum absolute atomic E-state index is 0.217. The molecule has 1 rings (SSSR count). The quantitative estimate of drug-likeness (QED) is 0.649. The molecule has 0 saturated heterocycles. The van der Waals surface area contributed by atoms with E-state index in [1.165, 1.54) is 11.0 Å². The van der Waals surface area contributed by atoms with Crippen molar-refractivity contribution in [1.82, 2.24) is 20.3 Å². The molecule has 0 bridgehead atoms. The Morgan fingerprint density at radius 1 is 1.85 bits per heavy atom. The van der Waals surface area contributed by atoms with Gasteiger partial charge in [-0.3, -0.25) is 0 Å². The average Bonchev–Trinajstić information content (AvgIpc) is 2.52. The fourth-order valence-electron chi connectivity index (χ4n) is 0.719. The number of hydrogen-bond donors (Lipinski definition) is 2. The summed E-state index contributed by atoms with van der Waals surface area (Å²) in [5, 5.41) is 26.2. The van der Waals surface area contributed by atoms with Crippen molar-refractivity contribution in [3.05, 3.63) is 11.9 Å². The molecule has 68 valence electrons. The highest BCUT2D eigenvalue weighted by Crippen LogP contribution is 1.86. The number of nitrogens with one attached hydrogen (secondary N) is 1. The molecule has 0 unspecified atom stereocenters. The van der Waals surface area contributed by atoms with Crippen LogP contribution in [0.15, 0.2) is 6.20 Å². The summed E-state index contributed by atoms with van der Waals surface area (Å²) in [4.78, 5) is 11.3. The van der Waals surface area contributed by atoms with E-state index < -0.39 is 6.09 Å². The molecule has 1 aromatic rings. The van der Waals surface area contributed by atoms with Crippen LogP contribution in [-0.4, -0.2) is 32.7 Å². The first-order valence-electron chi connectivity index (χ1n) is 3.49. The van der Waals surface area contributed by atoms with Gasteiger partial charge in [-0.25, -0.2) is 4.79 Å². The molecule has 7 heteroatoms. The van der Waals surface area contributed by atoms with Gasteiger partial charge in [0.2, 0.25) is 0 Å². The normalized spacial score (nSPS) is 9.15. The van der Waals surface area contributed by atoms with E-state index in [4.69, 9.17) is 10.4 Å². The van der Waals surface area contributed by atoms with Crippen LogP contribution in [-0.2, 0) is 6.54 Å². The lowest BCUT2D eigenvalue weighted by atomic mass is 10.6. The first-order chi connectivity index (χ1) is 6.22. The Morgan fingerprint density at radius 2 is 2.62 bits per heavy atom. The van der Waals surface area contributed by atoms with Crippen LogP contribution in [0.5, 0.6) is 0 Å². The Hall–Kier alpha value is -2.10. The number of nitriles is 1. The van der Waals surface area contributed by atoms with Gasteiger partial charge >= 0.3 is 6.09 Å². The molecule has 0 aliphatic heterocycles. The van der Waals surface area contributed by atoms with Gasteiger partial charge in [0, 0.05) is 6.54 Å². The van der Waals surface area contributed by atoms with Crippen molar-refractivity contribution in [3.8, 4) is 6.07 Å². The van der Waals surface area contributed by atoms with Crippen molar-refractivity contribution in [1.29, 1.82) is 5.26 Å². The van der Waals surface area contributed by atoms with E-state index in [1.54, 1.807) is 0 Å². The van der Waals surface area contributed by atoms with E-state index in [-0.39, 0.29) is 12.2 Å². The van der Waals surface area contributed by atoms with E-state index >= 15 is 0 Å². The first kappa shape index (κ1) is 8.99. The van der Waals surface area contributed by atoms with E-state index in [1.807, 2.05) is 6.07 Å². The molecule has 0 aromatic carbocycles. The minimum atomic E-state index is -1.09. The molecule has 0 spiro atoms. The lowest BCUT2D eigenvalue weighted by Gasteiger charge is -1.98. The molecule has 0 aliphatic carbocycles. The number of carboxylic acid groups (broad SMARTS) is 1. The van der Waals surface area contributed by atoms with Crippen LogP contribution in [0.25, 0.3) is 0 Å². The van der Waals surface area contributed by atoms with E-state index in [9.17, 15) is 4.79 Å². The van der Waals surface area contributed by atoms with Crippen molar-refractivity contribution in [2.75, 3.05) is 6.54 Å². The zero-order valence-corrected chi connectivity index (χ0v) is 6.64. The van der Waals surface area contributed by atoms with Crippen molar-refractivity contribution in [2.24, 2.45) is 0 Å². The van der Waals surface area contributed by atoms with Gasteiger partial charge in [-0.1, -0.05) is 0 Å². The maximum absolute atomic E-state index is 10.0. The van der Waals surface area contributed by atoms with Gasteiger partial charge in [-0.05, 0) is 0 Å². The highest BCUT2D eigenvalue weighted by Gasteiger charge is 1.99. The Balaban J connectivity index is 2.38. The van der Waals surface area contributed by atoms with Gasteiger partial charge in [0.15, 0.2) is 5.69 Å². The molecule has 1 amide bonds. The second kappa shape index (κ2) is 4.06. The SMILES string of the molecule is N#Cc1cnn(CCNC(=O)O)n1. The van der Waals surface area contributed by atoms with Gasteiger partial charge < -0.3 is 10.4 Å². The number of aromatic nitrogens is 3. The molecule has 1 aromatic heterocycles. The zero-order valence-electron chi connectivity index (χ0n) is 6.64. The standard InChI is InChI=1S/C6H7N5O2/c7-3-5-4-9-11(10-5)2-1-8-6(12)13/h4,8H,1-2H2,(H,12,13). The third-order valence-electron chi connectivity index (χ3n) is 1.24. The number of carbonyl (C=O) groups is 1. The van der Waals surface area contributed by atoms with Gasteiger partial charge in [0.05, 0.1) is 12.7 Å². The molecule has 0 radical (unpaired) electrons. The second-order valence-electron chi connectivity index (χ2n) is 2.17. The van der Waals surface area contributed by atoms with Crippen LogP contribution in [0.2, 0.25) is 0 Å². The predicted octanol–water partition coefficient (Wildman–Crippen LogP) is -0.583. The molecule has 0 fully saturated rings. The smallest absolute Gasteiger partial charge is 0.404 e. The third kappa shape index (κ3) is 2.78. The number of amides is 1. The van der Waals surface area contributed by atoms with Crippen molar-refractivity contribution in [2.45, 2.75) is 6.54 Å². The molecule has 7 nitrogen and oxygen atoms in total. The molecule has 0 saturated carbocycles. The molecule has 0 aliphatic rings. The molecule has 1 heterocycles. The minimum Gasteiger partial charge on any atom is -0.465 e. The summed E-state index contributed by atoms with van der Waals surface area (Å²) >= 11 is 0. The monoisotopic (exact) mass is 181 g/mol. The van der Waals surface area contributed by atoms with Crippen molar-refractivity contribution in [3.63, 3.8) is 0 Å². The Morgan fingerprint density at radius 3 is 3.15 bits per heavy atom. The Kier molecular flexibility index (Phi) is 2.81. The van der Waals surface area contributed by atoms with Crippen molar-refractivity contribution >= 4 is 6.09 Å². The number of nitrogens with zero attached hydrogens (tertiary/aromatic N) is 4. The summed E-state index contributed by atoms with van der Waals surface area (Å²) in [6, 6.07) is 1.82. The largest absolute Gasteiger partial charge is 0.465 e. The summed E-state index contributed by atoms with van der Waals surface area (Å²) in [5.74, 6) is 0. The van der Waals surface area contributed by atoms with E-state index in [0.717, 1.165) is 0 Å². The van der Waals surface area contributed by atoms with Gasteiger partial charge in [0.1, 0.15) is 6.07 Å². The van der Waals surface area contributed by atoms with Gasteiger partial charge in [0.25, 0.3) is 0 Å². The number of rotatable bonds is 3. The summed E-state index contributed by atoms with van der Waals surface area (Å²) in [6.07, 6.45) is 0.230. The topological polar surface area (TPSA) is 104 Å². The van der Waals surface area contributed by atoms with Crippen LogP contribution in [0.3, 0.4) is 0 Å². The maximum Gasteiger partial charge on any atom is 0.404 e. The molecular weight excluding hydrogens is 174 g/mol. The average molecular weight is 181 g/mol. The van der Waals surface area contributed by atoms with Gasteiger partial charge in [-0.2, -0.15) is 15.2 Å². The molecule has 2 N–H and O–H groups in total. The molecular formula is C6H7N5O2. The van der Waals surface area contributed by atoms with Crippen LogP contribution < -0.4 is 5.32 Å². The Labute approximate surface area is 73.6 Å². The lowest BCUT2D eigenvalue weighted by molar-refractivity contribution is 0.193. The predicted molar refractivity (Wildman–Crippen MR) is 40.8 cm³/mol. The van der Waals surface area contributed by atoms with Crippen LogP contribution in [0.4, 0.5) is 4.79 Å². The fraction of sp³-hybridized carbons (Fsp3) is 0.333. The van der Waals surface area contributed by atoms with Crippen molar-refractivity contribution < 1.29 is 9.90 Å². The van der Waals surface area contributed by atoms with Crippen LogP contribution >= 0.6 is 0 Å². The second-order valence-corrected chi connectivity index (χ2v) is 2.17. The van der Waals surface area contributed by atoms with Crippen LogP contribution in [0, 0.1) is 11.3 Å². The Bertz CT molecular complexity index is 339. The molecule has 0 atom stereocenters. The summed E-state index contributed by atoms with van der Waals surface area (Å²) in [5.41, 5.74) is 0.218. The lowest BCUT2D eigenvalue weighted by Crippen LogP contribution is -2.25. The summed E-state index contributed by atoms with van der Waals surface area (Å²) in [6.45, 7) is 0.531. The van der Waals surface area contributed by atoms with Gasteiger partial charge in [-0.15, -0.1) is 5.10 Å². The van der Waals surface area contributed by atoms with E-state index in [0.29, 0.717) is 6.54 Å². The fourth-order valence-corrected chi connectivity index (χ4v) is 0.719. The van der Waals surface area contributed by atoms with Crippen LogP contribution in [0.1, 0.15) is 5.69 Å². The first-order valence-corrected chi connectivity index (χ1v) is 3.49. The number of hydrogen-bond acceptors (Lipinski definition) is 4. The molecule has 13 heavy (non-hydrogen) atoms. The highest BCUT2D eigenvalue weighted by atomic mass is 16.4.